The number of amides is 3. The lowest BCUT2D eigenvalue weighted by Gasteiger charge is -2.19. The Morgan fingerprint density at radius 1 is 1.07 bits per heavy atom. The number of benzene rings is 1. The van der Waals surface area contributed by atoms with Gasteiger partial charge in [0.1, 0.15) is 17.8 Å². The molecule has 3 amide bonds. The number of hydrogen-bond donors (Lipinski definition) is 6. The van der Waals surface area contributed by atoms with Crippen molar-refractivity contribution in [2.45, 2.75) is 24.9 Å². The van der Waals surface area contributed by atoms with E-state index < -0.39 is 42.3 Å². The van der Waals surface area contributed by atoms with Crippen LogP contribution in [0.3, 0.4) is 0 Å². The minimum absolute atomic E-state index is 0.0619. The summed E-state index contributed by atoms with van der Waals surface area (Å²) in [5.41, 5.74) is 5.95. The van der Waals surface area contributed by atoms with E-state index in [0.717, 1.165) is 0 Å². The Kier molecular flexibility index (Phi) is 10.6. The molecule has 0 spiro atoms. The van der Waals surface area contributed by atoms with Gasteiger partial charge in [-0.05, 0) is 36.1 Å². The van der Waals surface area contributed by atoms with Crippen molar-refractivity contribution in [1.29, 1.82) is 0 Å². The largest absolute Gasteiger partial charge is 0.508 e. The second kappa shape index (κ2) is 12.6. The molecule has 1 aromatic rings. The molecule has 2 atom stereocenters. The molecule has 11 heteroatoms. The highest BCUT2D eigenvalue weighted by atomic mass is 32.2. The molecule has 0 aromatic heterocycles. The number of carboxylic acid groups (broad SMARTS) is 1. The van der Waals surface area contributed by atoms with Crippen molar-refractivity contribution >= 4 is 35.5 Å². The van der Waals surface area contributed by atoms with E-state index in [1.165, 1.54) is 23.9 Å². The van der Waals surface area contributed by atoms with E-state index in [0.29, 0.717) is 11.3 Å². The van der Waals surface area contributed by atoms with Gasteiger partial charge in [0, 0.05) is 6.42 Å². The first-order chi connectivity index (χ1) is 13.8. The van der Waals surface area contributed by atoms with Crippen molar-refractivity contribution in [3.63, 3.8) is 0 Å². The van der Waals surface area contributed by atoms with Crippen molar-refractivity contribution in [1.82, 2.24) is 16.0 Å². The first-order valence-electron chi connectivity index (χ1n) is 8.83. The highest BCUT2D eigenvalue weighted by Crippen LogP contribution is 2.11. The van der Waals surface area contributed by atoms with E-state index in [2.05, 4.69) is 16.0 Å². The number of thioether (sulfide) groups is 1. The van der Waals surface area contributed by atoms with Gasteiger partial charge in [-0.3, -0.25) is 14.4 Å². The normalized spacial score (nSPS) is 12.5. The Balaban J connectivity index is 2.68. The van der Waals surface area contributed by atoms with Crippen LogP contribution in [0.2, 0.25) is 0 Å². The molecule has 1 rings (SSSR count). The molecule has 0 aliphatic rings. The molecule has 1 aromatic carbocycles. The summed E-state index contributed by atoms with van der Waals surface area (Å²) in [5, 5.41) is 25.7. The Morgan fingerprint density at radius 2 is 1.69 bits per heavy atom. The highest BCUT2D eigenvalue weighted by molar-refractivity contribution is 7.98. The Hall–Kier alpha value is -2.79. The Labute approximate surface area is 172 Å². The number of phenols is 1. The molecule has 2 unspecified atom stereocenters. The van der Waals surface area contributed by atoms with Gasteiger partial charge in [-0.25, -0.2) is 4.79 Å². The zero-order valence-corrected chi connectivity index (χ0v) is 16.8. The molecule has 0 saturated carbocycles. The van der Waals surface area contributed by atoms with Crippen molar-refractivity contribution in [3.8, 4) is 5.75 Å². The van der Waals surface area contributed by atoms with Crippen LogP contribution in [0, 0.1) is 0 Å². The minimum Gasteiger partial charge on any atom is -0.508 e. The van der Waals surface area contributed by atoms with Crippen molar-refractivity contribution in [3.05, 3.63) is 29.8 Å². The molecule has 7 N–H and O–H groups in total. The van der Waals surface area contributed by atoms with Gasteiger partial charge >= 0.3 is 5.97 Å². The number of hydrogen-bond acceptors (Lipinski definition) is 7. The summed E-state index contributed by atoms with van der Waals surface area (Å²) < 4.78 is 0. The number of aromatic hydroxyl groups is 1. The van der Waals surface area contributed by atoms with Gasteiger partial charge in [0.2, 0.25) is 17.7 Å². The van der Waals surface area contributed by atoms with Gasteiger partial charge in [-0.2, -0.15) is 11.8 Å². The zero-order valence-electron chi connectivity index (χ0n) is 16.0. The monoisotopic (exact) mass is 426 g/mol. The Morgan fingerprint density at radius 3 is 2.24 bits per heavy atom. The summed E-state index contributed by atoms with van der Waals surface area (Å²) in [6.07, 6.45) is 2.20. The molecule has 0 aliphatic heterocycles. The van der Waals surface area contributed by atoms with Gasteiger partial charge in [0.25, 0.3) is 0 Å². The van der Waals surface area contributed by atoms with Crippen LogP contribution < -0.4 is 21.7 Å². The molecule has 0 heterocycles. The zero-order chi connectivity index (χ0) is 21.8. The Bertz CT molecular complexity index is 713. The smallest absolute Gasteiger partial charge is 0.326 e. The number of rotatable bonds is 12. The summed E-state index contributed by atoms with van der Waals surface area (Å²) in [6.45, 7) is -0.748. The first kappa shape index (κ1) is 24.2. The fourth-order valence-electron chi connectivity index (χ4n) is 2.36. The molecule has 0 bridgehead atoms. The van der Waals surface area contributed by atoms with Crippen LogP contribution in [0.1, 0.15) is 12.0 Å². The van der Waals surface area contributed by atoms with E-state index >= 15 is 0 Å². The van der Waals surface area contributed by atoms with Gasteiger partial charge in [-0.1, -0.05) is 12.1 Å². The third-order valence-corrected chi connectivity index (χ3v) is 4.52. The number of nitrogens with two attached hydrogens (primary N) is 1. The van der Waals surface area contributed by atoms with Crippen LogP contribution in [0.15, 0.2) is 24.3 Å². The van der Waals surface area contributed by atoms with Crippen LogP contribution in [0.25, 0.3) is 0 Å². The maximum Gasteiger partial charge on any atom is 0.326 e. The van der Waals surface area contributed by atoms with Gasteiger partial charge < -0.3 is 31.9 Å². The number of carbonyl (C=O) groups is 4. The minimum atomic E-state index is -1.15. The summed E-state index contributed by atoms with van der Waals surface area (Å²) >= 11 is 1.46. The third-order valence-electron chi connectivity index (χ3n) is 3.88. The number of carboxylic acids is 1. The molecule has 10 nitrogen and oxygen atoms in total. The average molecular weight is 426 g/mol. The summed E-state index contributed by atoms with van der Waals surface area (Å²) in [4.78, 5) is 47.2. The summed E-state index contributed by atoms with van der Waals surface area (Å²) in [5.74, 6) is -2.35. The standard InChI is InChI=1S/C18H26N4O6S/c1-29-7-6-13(18(27)28)21-16(25)10-20-17(26)14(22-15(24)9-19)8-11-2-4-12(23)5-3-11/h2-5,13-14,23H,6-10,19H2,1H3,(H,20,26)(H,21,25)(H,22,24)(H,27,28). The second-order valence-electron chi connectivity index (χ2n) is 6.15. The molecule has 0 saturated heterocycles. The van der Waals surface area contributed by atoms with Gasteiger partial charge in [-0.15, -0.1) is 0 Å². The fourth-order valence-corrected chi connectivity index (χ4v) is 2.83. The SMILES string of the molecule is CSCCC(NC(=O)CNC(=O)C(Cc1ccc(O)cc1)NC(=O)CN)C(=O)O. The van der Waals surface area contributed by atoms with Crippen LogP contribution in [-0.2, 0) is 25.6 Å². The van der Waals surface area contributed by atoms with E-state index in [9.17, 15) is 24.3 Å². The van der Waals surface area contributed by atoms with Gasteiger partial charge in [0.15, 0.2) is 0 Å². The summed E-state index contributed by atoms with van der Waals surface area (Å²) in [7, 11) is 0. The lowest BCUT2D eigenvalue weighted by Crippen LogP contribution is -2.52. The lowest BCUT2D eigenvalue weighted by atomic mass is 10.0. The maximum absolute atomic E-state index is 12.4. The van der Waals surface area contributed by atoms with E-state index in [4.69, 9.17) is 10.8 Å². The van der Waals surface area contributed by atoms with E-state index in [-0.39, 0.29) is 25.1 Å². The van der Waals surface area contributed by atoms with Crippen LogP contribution in [0.4, 0.5) is 0 Å². The van der Waals surface area contributed by atoms with Crippen LogP contribution >= 0.6 is 11.8 Å². The average Bonchev–Trinajstić information content (AvgIpc) is 2.69. The molecule has 0 fully saturated rings. The molecule has 0 radical (unpaired) electrons. The molecular weight excluding hydrogens is 400 g/mol. The summed E-state index contributed by atoms with van der Waals surface area (Å²) in [6, 6.07) is 4.05. The van der Waals surface area contributed by atoms with Crippen LogP contribution in [0.5, 0.6) is 5.75 Å². The second-order valence-corrected chi connectivity index (χ2v) is 7.14. The number of carbonyl (C=O) groups excluding carboxylic acids is 3. The molecule has 29 heavy (non-hydrogen) atoms. The number of aliphatic carboxylic acids is 1. The van der Waals surface area contributed by atoms with Crippen LogP contribution in [-0.4, -0.2) is 71.1 Å². The highest BCUT2D eigenvalue weighted by Gasteiger charge is 2.23. The third kappa shape index (κ3) is 9.30. The predicted octanol–water partition coefficient (Wildman–Crippen LogP) is -1.18. The van der Waals surface area contributed by atoms with Gasteiger partial charge in [0.05, 0.1) is 13.1 Å². The topological polar surface area (TPSA) is 171 Å². The fraction of sp³-hybridized carbons (Fsp3) is 0.444. The first-order valence-corrected chi connectivity index (χ1v) is 10.2. The molecule has 160 valence electrons. The number of nitrogens with one attached hydrogen (secondary N) is 3. The lowest BCUT2D eigenvalue weighted by molar-refractivity contribution is -0.141. The van der Waals surface area contributed by atoms with E-state index in [1.54, 1.807) is 12.1 Å². The van der Waals surface area contributed by atoms with Crippen molar-refractivity contribution in [2.24, 2.45) is 5.73 Å². The number of phenolic OH excluding ortho intramolecular Hbond substituents is 1. The molecular formula is C18H26N4O6S. The van der Waals surface area contributed by atoms with E-state index in [1.807, 2.05) is 6.26 Å². The predicted molar refractivity (Wildman–Crippen MR) is 108 cm³/mol. The molecule has 0 aliphatic carbocycles. The van der Waals surface area contributed by atoms with Crippen molar-refractivity contribution < 1.29 is 29.4 Å². The van der Waals surface area contributed by atoms with Crippen molar-refractivity contribution in [2.75, 3.05) is 25.1 Å². The quantitative estimate of drug-likeness (QED) is 0.242. The maximum atomic E-state index is 12.4.